The summed E-state index contributed by atoms with van der Waals surface area (Å²) in [4.78, 5) is 29.0. The van der Waals surface area contributed by atoms with E-state index in [-0.39, 0.29) is 11.6 Å². The number of fused-ring (bicyclic) bond motifs is 1. The van der Waals surface area contributed by atoms with E-state index in [9.17, 15) is 9.59 Å². The number of rotatable bonds is 0. The number of benzene rings is 1. The van der Waals surface area contributed by atoms with Crippen LogP contribution >= 0.6 is 11.6 Å². The highest BCUT2D eigenvalue weighted by atomic mass is 35.5. The molecular formula is C14H15ClN2O3. The molecule has 6 heteroatoms. The smallest absolute Gasteiger partial charge is 0.434 e. The third-order valence-corrected chi connectivity index (χ3v) is 2.99. The minimum Gasteiger partial charge on any atom is -0.442 e. The second-order valence-corrected chi connectivity index (χ2v) is 5.85. The van der Waals surface area contributed by atoms with E-state index in [0.29, 0.717) is 16.3 Å². The van der Waals surface area contributed by atoms with Crippen LogP contribution in [0, 0.1) is 0 Å². The van der Waals surface area contributed by atoms with Crippen molar-refractivity contribution < 1.29 is 14.3 Å². The van der Waals surface area contributed by atoms with Crippen molar-refractivity contribution in [2.24, 2.45) is 4.99 Å². The lowest BCUT2D eigenvalue weighted by atomic mass is 10.1. The van der Waals surface area contributed by atoms with Crippen molar-refractivity contribution in [3.8, 4) is 0 Å². The number of aliphatic imine (C=N–C) groups is 1. The second kappa shape index (κ2) is 4.90. The van der Waals surface area contributed by atoms with Gasteiger partial charge in [-0.15, -0.1) is 0 Å². The normalized spacial score (nSPS) is 16.6. The molecule has 1 aromatic rings. The van der Waals surface area contributed by atoms with Gasteiger partial charge in [0.2, 0.25) is 0 Å². The Morgan fingerprint density at radius 2 is 2.00 bits per heavy atom. The first-order valence-electron chi connectivity index (χ1n) is 6.09. The van der Waals surface area contributed by atoms with Crippen LogP contribution in [0.5, 0.6) is 0 Å². The van der Waals surface area contributed by atoms with E-state index in [2.05, 4.69) is 4.99 Å². The lowest BCUT2D eigenvalue weighted by Crippen LogP contribution is -2.28. The van der Waals surface area contributed by atoms with E-state index >= 15 is 0 Å². The highest BCUT2D eigenvalue weighted by molar-refractivity contribution is 6.56. The minimum absolute atomic E-state index is 0.0549. The number of hydrogen-bond donors (Lipinski definition) is 0. The maximum atomic E-state index is 12.1. The van der Waals surface area contributed by atoms with E-state index in [1.165, 1.54) is 4.90 Å². The highest BCUT2D eigenvalue weighted by Gasteiger charge is 2.34. The summed E-state index contributed by atoms with van der Waals surface area (Å²) in [5, 5.41) is 0.438. The Labute approximate surface area is 122 Å². The van der Waals surface area contributed by atoms with Crippen molar-refractivity contribution in [1.29, 1.82) is 0 Å². The Kier molecular flexibility index (Phi) is 3.56. The summed E-state index contributed by atoms with van der Waals surface area (Å²) in [6.07, 6.45) is -0.790. The van der Waals surface area contributed by atoms with E-state index in [1.54, 1.807) is 46.0 Å². The van der Waals surface area contributed by atoms with Gasteiger partial charge in [0.15, 0.2) is 0 Å². The summed E-state index contributed by atoms with van der Waals surface area (Å²) in [6, 6.07) is 5.09. The molecule has 0 aliphatic carbocycles. The van der Waals surface area contributed by atoms with Gasteiger partial charge >= 0.3 is 6.09 Å². The first-order valence-corrected chi connectivity index (χ1v) is 6.47. The molecule has 0 saturated heterocycles. The predicted molar refractivity (Wildman–Crippen MR) is 77.6 cm³/mol. The molecule has 0 saturated carbocycles. The van der Waals surface area contributed by atoms with Crippen LogP contribution in [0.15, 0.2) is 23.2 Å². The summed E-state index contributed by atoms with van der Waals surface area (Å²) in [6.45, 7) is 5.20. The van der Waals surface area contributed by atoms with Crippen molar-refractivity contribution in [3.63, 3.8) is 0 Å². The van der Waals surface area contributed by atoms with Gasteiger partial charge < -0.3 is 9.64 Å². The molecule has 2 amide bonds. The van der Waals surface area contributed by atoms with Gasteiger partial charge in [-0.1, -0.05) is 23.7 Å². The van der Waals surface area contributed by atoms with Gasteiger partial charge in [0.25, 0.3) is 5.91 Å². The zero-order chi connectivity index (χ0) is 15.1. The molecule has 20 heavy (non-hydrogen) atoms. The van der Waals surface area contributed by atoms with Crippen LogP contribution in [0.3, 0.4) is 0 Å². The Hall–Kier alpha value is -1.88. The van der Waals surface area contributed by atoms with Crippen molar-refractivity contribution in [3.05, 3.63) is 28.8 Å². The maximum absolute atomic E-state index is 12.1. The third-order valence-electron chi connectivity index (χ3n) is 2.68. The predicted octanol–water partition coefficient (Wildman–Crippen LogP) is 3.04. The Morgan fingerprint density at radius 1 is 1.35 bits per heavy atom. The molecule has 106 valence electrons. The topological polar surface area (TPSA) is 59.0 Å². The molecule has 0 unspecified atom stereocenters. The summed E-state index contributed by atoms with van der Waals surface area (Å²) >= 11 is 6.07. The largest absolute Gasteiger partial charge is 0.442 e. The first kappa shape index (κ1) is 14.5. The molecule has 1 heterocycles. The fourth-order valence-electron chi connectivity index (χ4n) is 1.91. The molecule has 0 atom stereocenters. The number of halogens is 1. The Balaban J connectivity index is 2.42. The summed E-state index contributed by atoms with van der Waals surface area (Å²) in [5.41, 5.74) is 0.489. The number of para-hydroxylation sites is 1. The van der Waals surface area contributed by atoms with Crippen LogP contribution in [0.2, 0.25) is 5.02 Å². The van der Waals surface area contributed by atoms with E-state index in [4.69, 9.17) is 16.3 Å². The molecule has 0 radical (unpaired) electrons. The molecule has 1 aliphatic rings. The van der Waals surface area contributed by atoms with Crippen molar-refractivity contribution in [2.45, 2.75) is 26.4 Å². The molecule has 2 rings (SSSR count). The molecule has 0 spiro atoms. The molecule has 0 bridgehead atoms. The van der Waals surface area contributed by atoms with Gasteiger partial charge in [-0.3, -0.25) is 4.79 Å². The van der Waals surface area contributed by atoms with Gasteiger partial charge in [0.05, 0.1) is 10.7 Å². The van der Waals surface area contributed by atoms with Crippen molar-refractivity contribution in [2.75, 3.05) is 11.9 Å². The quantitative estimate of drug-likeness (QED) is 0.739. The number of nitrogens with zero attached hydrogens (tertiary/aromatic N) is 2. The molecule has 0 fully saturated rings. The van der Waals surface area contributed by atoms with Gasteiger partial charge in [-0.2, -0.15) is 4.99 Å². The van der Waals surface area contributed by atoms with E-state index in [0.717, 1.165) is 0 Å². The lowest BCUT2D eigenvalue weighted by Gasteiger charge is -2.17. The Bertz CT molecular complexity index is 617. The zero-order valence-corrected chi connectivity index (χ0v) is 12.5. The Morgan fingerprint density at radius 3 is 2.60 bits per heavy atom. The van der Waals surface area contributed by atoms with Crippen molar-refractivity contribution in [1.82, 2.24) is 0 Å². The fourth-order valence-corrected chi connectivity index (χ4v) is 2.21. The molecule has 5 nitrogen and oxygen atoms in total. The summed E-state index contributed by atoms with van der Waals surface area (Å²) in [7, 11) is 1.59. The van der Waals surface area contributed by atoms with Crippen LogP contribution < -0.4 is 4.90 Å². The van der Waals surface area contributed by atoms with Crippen LogP contribution in [0.25, 0.3) is 0 Å². The molecule has 1 aliphatic heterocycles. The van der Waals surface area contributed by atoms with Crippen LogP contribution in [0.1, 0.15) is 26.3 Å². The first-order chi connectivity index (χ1) is 9.20. The standard InChI is InChI=1S/C14H15ClN2O3/c1-14(2,3)20-13(19)16-10-8-6-5-7-9(15)11(8)17(4)12(10)18/h5-7H,1-4H3/b16-10+. The lowest BCUT2D eigenvalue weighted by molar-refractivity contribution is -0.112. The number of likely N-dealkylation sites (N-methyl/N-ethyl adjacent to an activating group) is 1. The number of carbonyl (C=O) groups excluding carboxylic acids is 2. The minimum atomic E-state index is -0.790. The van der Waals surface area contributed by atoms with Gasteiger partial charge in [0.1, 0.15) is 11.3 Å². The number of hydrogen-bond acceptors (Lipinski definition) is 3. The number of carbonyl (C=O) groups is 2. The fraction of sp³-hybridized carbons (Fsp3) is 0.357. The van der Waals surface area contributed by atoms with E-state index in [1.807, 2.05) is 0 Å². The highest BCUT2D eigenvalue weighted by Crippen LogP contribution is 2.35. The van der Waals surface area contributed by atoms with Crippen LogP contribution in [-0.2, 0) is 9.53 Å². The zero-order valence-electron chi connectivity index (χ0n) is 11.7. The van der Waals surface area contributed by atoms with Gasteiger partial charge in [0, 0.05) is 12.6 Å². The number of amides is 2. The molecule has 0 aromatic heterocycles. The van der Waals surface area contributed by atoms with Crippen molar-refractivity contribution >= 4 is 35.0 Å². The average Bonchev–Trinajstić information content (AvgIpc) is 2.53. The molecular weight excluding hydrogens is 280 g/mol. The van der Waals surface area contributed by atoms with Gasteiger partial charge in [-0.25, -0.2) is 4.79 Å². The summed E-state index contributed by atoms with van der Waals surface area (Å²) < 4.78 is 5.10. The number of anilines is 1. The number of ether oxygens (including phenoxy) is 1. The monoisotopic (exact) mass is 294 g/mol. The maximum Gasteiger partial charge on any atom is 0.434 e. The summed E-state index contributed by atoms with van der Waals surface area (Å²) in [5.74, 6) is -0.376. The second-order valence-electron chi connectivity index (χ2n) is 5.44. The van der Waals surface area contributed by atoms with Gasteiger partial charge in [-0.05, 0) is 26.8 Å². The average molecular weight is 295 g/mol. The van der Waals surface area contributed by atoms with E-state index < -0.39 is 11.7 Å². The van der Waals surface area contributed by atoms with Crippen LogP contribution in [0.4, 0.5) is 10.5 Å². The molecule has 0 N–H and O–H groups in total. The van der Waals surface area contributed by atoms with Crippen LogP contribution in [-0.4, -0.2) is 30.4 Å². The third kappa shape index (κ3) is 2.67. The molecule has 1 aromatic carbocycles. The SMILES string of the molecule is CN1C(=O)/C(=N/C(=O)OC(C)(C)C)c2cccc(Cl)c21.